The molecule has 0 radical (unpaired) electrons. The van der Waals surface area contributed by atoms with Crippen LogP contribution in [0.5, 0.6) is 0 Å². The van der Waals surface area contributed by atoms with Crippen molar-refractivity contribution in [1.29, 1.82) is 0 Å². The van der Waals surface area contributed by atoms with Gasteiger partial charge in [0.1, 0.15) is 31.0 Å². The van der Waals surface area contributed by atoms with Gasteiger partial charge in [0, 0.05) is 12.8 Å². The van der Waals surface area contributed by atoms with Crippen LogP contribution < -0.4 is 0 Å². The second-order valence-electron chi connectivity index (χ2n) is 15.5. The van der Waals surface area contributed by atoms with E-state index in [4.69, 9.17) is 18.9 Å². The molecule has 10 heteroatoms. The monoisotopic (exact) mass is 831 g/mol. The molecule has 1 fully saturated rings. The predicted molar refractivity (Wildman–Crippen MR) is 238 cm³/mol. The van der Waals surface area contributed by atoms with Crippen molar-refractivity contribution in [2.75, 3.05) is 19.8 Å². The summed E-state index contributed by atoms with van der Waals surface area (Å²) in [6.45, 7) is 3.29. The standard InChI is InChI=1S/C49H82O10/c1-3-5-7-9-11-13-15-17-19-20-21-22-24-26-28-30-32-34-36-38-45(52)58-42(41-57-49-48(55)47(54)46(53)43(39-50)59-49)40-56-44(51)37-35-33-31-29-27-25-23-18-16-14-12-10-8-6-4-2/h11,13-14,16-17,19,21-22,26,28,32,34,42-43,46-50,53-55H,3-10,12,15,18,20,23-25,27,29-31,33,35-41H2,1-2H3/b13-11+,16-14+,19-17+,22-21+,28-26+,34-32+/t42-,43-,46+,47?,48?,49-/m1/s1. The summed E-state index contributed by atoms with van der Waals surface area (Å²) in [7, 11) is 0. The molecule has 0 aliphatic carbocycles. The Morgan fingerprint density at radius 2 is 0.983 bits per heavy atom. The average Bonchev–Trinajstić information content (AvgIpc) is 3.23. The number of ether oxygens (including phenoxy) is 4. The molecule has 0 aromatic carbocycles. The summed E-state index contributed by atoms with van der Waals surface area (Å²) < 4.78 is 22.1. The summed E-state index contributed by atoms with van der Waals surface area (Å²) in [4.78, 5) is 25.3. The highest BCUT2D eigenvalue weighted by atomic mass is 16.7. The van der Waals surface area contributed by atoms with Gasteiger partial charge < -0.3 is 39.4 Å². The molecule has 0 saturated carbocycles. The van der Waals surface area contributed by atoms with Gasteiger partial charge in [0.2, 0.25) is 0 Å². The van der Waals surface area contributed by atoms with E-state index in [1.165, 1.54) is 77.0 Å². The minimum atomic E-state index is -1.61. The van der Waals surface area contributed by atoms with Crippen molar-refractivity contribution in [3.05, 3.63) is 72.9 Å². The molecule has 59 heavy (non-hydrogen) atoms. The van der Waals surface area contributed by atoms with Crippen LogP contribution in [0.4, 0.5) is 0 Å². The van der Waals surface area contributed by atoms with Crippen molar-refractivity contribution in [3.63, 3.8) is 0 Å². The molecule has 0 amide bonds. The van der Waals surface area contributed by atoms with Gasteiger partial charge in [0.05, 0.1) is 13.2 Å². The number of carbonyl (C=O) groups is 2. The fourth-order valence-electron chi connectivity index (χ4n) is 6.40. The van der Waals surface area contributed by atoms with Gasteiger partial charge in [0.25, 0.3) is 0 Å². The van der Waals surface area contributed by atoms with Gasteiger partial charge in [-0.25, -0.2) is 0 Å². The van der Waals surface area contributed by atoms with Crippen LogP contribution in [0, 0.1) is 0 Å². The van der Waals surface area contributed by atoms with Gasteiger partial charge in [0.15, 0.2) is 12.4 Å². The zero-order valence-electron chi connectivity index (χ0n) is 36.7. The Labute approximate surface area is 357 Å². The van der Waals surface area contributed by atoms with Gasteiger partial charge in [-0.2, -0.15) is 0 Å². The first-order valence-corrected chi connectivity index (χ1v) is 23.0. The average molecular weight is 831 g/mol. The molecule has 1 saturated heterocycles. The number of carbonyl (C=O) groups excluding carboxylic acids is 2. The number of hydrogen-bond acceptors (Lipinski definition) is 10. The van der Waals surface area contributed by atoms with Crippen LogP contribution in [-0.2, 0) is 28.5 Å². The van der Waals surface area contributed by atoms with E-state index >= 15 is 0 Å². The lowest BCUT2D eigenvalue weighted by atomic mass is 9.99. The van der Waals surface area contributed by atoms with Crippen molar-refractivity contribution in [1.82, 2.24) is 0 Å². The molecule has 0 bridgehead atoms. The summed E-state index contributed by atoms with van der Waals surface area (Å²) in [5.41, 5.74) is 0. The van der Waals surface area contributed by atoms with Gasteiger partial charge in [-0.15, -0.1) is 0 Å². The Hall–Kier alpha value is -2.86. The molecule has 6 atom stereocenters. The van der Waals surface area contributed by atoms with Gasteiger partial charge in [-0.3, -0.25) is 9.59 Å². The summed E-state index contributed by atoms with van der Waals surface area (Å²) in [5.74, 6) is -0.913. The molecule has 0 aromatic rings. The first-order chi connectivity index (χ1) is 28.8. The Morgan fingerprint density at radius 3 is 1.54 bits per heavy atom. The minimum Gasteiger partial charge on any atom is -0.462 e. The highest BCUT2D eigenvalue weighted by Gasteiger charge is 2.44. The van der Waals surface area contributed by atoms with Crippen LogP contribution in [-0.4, -0.2) is 89.0 Å². The number of unbranched alkanes of at least 4 members (excludes halogenated alkanes) is 14. The van der Waals surface area contributed by atoms with Crippen molar-refractivity contribution < 1.29 is 49.0 Å². The SMILES string of the molecule is CCCCC/C=C/C/C=C/C/C=C/C/C=C/C/C=C/CCC(=O)O[C@H](COC(=O)CCCCCCCCC/C=C/CCCCCC)CO[C@@H]1O[C@H](CO)[C@H](O)C(O)C1O. The predicted octanol–water partition coefficient (Wildman–Crippen LogP) is 10.00. The van der Waals surface area contributed by atoms with E-state index in [-0.39, 0.29) is 26.1 Å². The Balaban J connectivity index is 2.39. The van der Waals surface area contributed by atoms with Crippen molar-refractivity contribution in [2.24, 2.45) is 0 Å². The molecule has 1 aliphatic heterocycles. The van der Waals surface area contributed by atoms with E-state index in [1.807, 2.05) is 12.2 Å². The van der Waals surface area contributed by atoms with Gasteiger partial charge >= 0.3 is 11.9 Å². The Bertz CT molecular complexity index is 1190. The van der Waals surface area contributed by atoms with Crippen molar-refractivity contribution in [2.45, 2.75) is 205 Å². The molecule has 4 N–H and O–H groups in total. The molecule has 1 aliphatic rings. The van der Waals surface area contributed by atoms with E-state index in [0.717, 1.165) is 51.4 Å². The van der Waals surface area contributed by atoms with Crippen LogP contribution in [0.3, 0.4) is 0 Å². The van der Waals surface area contributed by atoms with E-state index in [9.17, 15) is 30.0 Å². The second kappa shape index (κ2) is 39.3. The molecule has 10 nitrogen and oxygen atoms in total. The summed E-state index contributed by atoms with van der Waals surface area (Å²) >= 11 is 0. The van der Waals surface area contributed by atoms with Gasteiger partial charge in [-0.1, -0.05) is 151 Å². The molecule has 1 rings (SSSR count). The molecular formula is C49H82O10. The molecule has 0 aromatic heterocycles. The highest BCUT2D eigenvalue weighted by Crippen LogP contribution is 2.22. The summed E-state index contributed by atoms with van der Waals surface area (Å²) in [6.07, 6.45) is 42.0. The number of hydrogen-bond donors (Lipinski definition) is 4. The fraction of sp³-hybridized carbons (Fsp3) is 0.714. The number of esters is 2. The normalized spacial score (nSPS) is 20.7. The number of aliphatic hydroxyl groups excluding tert-OH is 4. The lowest BCUT2D eigenvalue weighted by Gasteiger charge is -2.39. The quantitative estimate of drug-likeness (QED) is 0.0271. The third-order valence-electron chi connectivity index (χ3n) is 10.1. The number of aliphatic hydroxyl groups is 4. The minimum absolute atomic E-state index is 0.103. The zero-order valence-corrected chi connectivity index (χ0v) is 36.7. The van der Waals surface area contributed by atoms with Crippen LogP contribution in [0.1, 0.15) is 168 Å². The maximum atomic E-state index is 12.7. The van der Waals surface area contributed by atoms with E-state index in [2.05, 4.69) is 74.6 Å². The molecule has 0 spiro atoms. The Kier molecular flexibility index (Phi) is 36.1. The van der Waals surface area contributed by atoms with Gasteiger partial charge in [-0.05, 0) is 77.0 Å². The summed E-state index contributed by atoms with van der Waals surface area (Å²) in [5, 5.41) is 40.1. The largest absolute Gasteiger partial charge is 0.462 e. The number of rotatable bonds is 37. The van der Waals surface area contributed by atoms with Crippen LogP contribution in [0.2, 0.25) is 0 Å². The van der Waals surface area contributed by atoms with E-state index < -0.39 is 55.4 Å². The third-order valence-corrected chi connectivity index (χ3v) is 10.1. The smallest absolute Gasteiger partial charge is 0.306 e. The van der Waals surface area contributed by atoms with Crippen molar-refractivity contribution in [3.8, 4) is 0 Å². The van der Waals surface area contributed by atoms with Crippen molar-refractivity contribution >= 4 is 11.9 Å². The molecule has 1 heterocycles. The third kappa shape index (κ3) is 30.8. The zero-order chi connectivity index (χ0) is 43.0. The van der Waals surface area contributed by atoms with E-state index in [0.29, 0.717) is 12.8 Å². The first-order valence-electron chi connectivity index (χ1n) is 23.0. The molecular weight excluding hydrogens is 749 g/mol. The van der Waals surface area contributed by atoms with E-state index in [1.54, 1.807) is 0 Å². The molecule has 2 unspecified atom stereocenters. The van der Waals surface area contributed by atoms with Crippen LogP contribution in [0.15, 0.2) is 72.9 Å². The van der Waals surface area contributed by atoms with Crippen LogP contribution in [0.25, 0.3) is 0 Å². The summed E-state index contributed by atoms with van der Waals surface area (Å²) in [6, 6.07) is 0. The Morgan fingerprint density at radius 1 is 0.525 bits per heavy atom. The number of allylic oxidation sites excluding steroid dienone is 12. The molecule has 338 valence electrons. The second-order valence-corrected chi connectivity index (χ2v) is 15.5. The maximum Gasteiger partial charge on any atom is 0.306 e. The topological polar surface area (TPSA) is 152 Å². The highest BCUT2D eigenvalue weighted by molar-refractivity contribution is 5.70. The lowest BCUT2D eigenvalue weighted by Crippen LogP contribution is -2.59. The lowest BCUT2D eigenvalue weighted by molar-refractivity contribution is -0.305. The van der Waals surface area contributed by atoms with Crippen LogP contribution >= 0.6 is 0 Å². The first kappa shape index (κ1) is 54.2. The maximum absolute atomic E-state index is 12.7. The fourth-order valence-corrected chi connectivity index (χ4v) is 6.40.